The maximum atomic E-state index is 12.1. The molecule has 1 amide bonds. The second-order valence-electron chi connectivity index (χ2n) is 4.89. The zero-order chi connectivity index (χ0) is 13.9. The molecule has 1 aliphatic heterocycles. The summed E-state index contributed by atoms with van der Waals surface area (Å²) in [6.07, 6.45) is 1.84. The summed E-state index contributed by atoms with van der Waals surface area (Å²) in [7, 11) is 1.34. The van der Waals surface area contributed by atoms with Crippen LogP contribution < -0.4 is 10.6 Å². The smallest absolute Gasteiger partial charge is 0.337 e. The van der Waals surface area contributed by atoms with Gasteiger partial charge in [0.05, 0.1) is 18.2 Å². The average Bonchev–Trinajstić information content (AvgIpc) is 2.87. The summed E-state index contributed by atoms with van der Waals surface area (Å²) in [4.78, 5) is 23.4. The van der Waals surface area contributed by atoms with Crippen molar-refractivity contribution in [1.82, 2.24) is 5.32 Å². The van der Waals surface area contributed by atoms with E-state index in [1.807, 2.05) is 6.92 Å². The first-order valence-electron chi connectivity index (χ1n) is 6.30. The van der Waals surface area contributed by atoms with E-state index >= 15 is 0 Å². The molecule has 1 unspecified atom stereocenters. The molecule has 1 heterocycles. The standard InChI is InChI=1S/C14H18N2O3/c1-14(8-3-9-15-14)13(18)16-11-6-4-10(5-7-11)12(17)19-2/h4-7,15H,3,8-9H2,1-2H3,(H,16,18). The lowest BCUT2D eigenvalue weighted by molar-refractivity contribution is -0.121. The molecule has 1 fully saturated rings. The number of benzene rings is 1. The summed E-state index contributed by atoms with van der Waals surface area (Å²) in [5, 5.41) is 6.06. The van der Waals surface area contributed by atoms with Gasteiger partial charge < -0.3 is 15.4 Å². The highest BCUT2D eigenvalue weighted by Gasteiger charge is 2.35. The molecule has 1 aromatic carbocycles. The van der Waals surface area contributed by atoms with Gasteiger partial charge >= 0.3 is 5.97 Å². The molecule has 2 N–H and O–H groups in total. The number of amides is 1. The molecule has 1 aliphatic rings. The number of carbonyl (C=O) groups is 2. The van der Waals surface area contributed by atoms with Crippen molar-refractivity contribution in [2.24, 2.45) is 0 Å². The molecule has 19 heavy (non-hydrogen) atoms. The van der Waals surface area contributed by atoms with Crippen molar-refractivity contribution in [3.8, 4) is 0 Å². The second kappa shape index (κ2) is 5.40. The first-order chi connectivity index (χ1) is 9.05. The third kappa shape index (κ3) is 2.93. The van der Waals surface area contributed by atoms with Crippen LogP contribution >= 0.6 is 0 Å². The Bertz CT molecular complexity index is 476. The van der Waals surface area contributed by atoms with Gasteiger partial charge in [0.2, 0.25) is 5.91 Å². The molecule has 0 saturated carbocycles. The summed E-state index contributed by atoms with van der Waals surface area (Å²) >= 11 is 0. The van der Waals surface area contributed by atoms with Gasteiger partial charge in [-0.3, -0.25) is 4.79 Å². The quantitative estimate of drug-likeness (QED) is 0.811. The van der Waals surface area contributed by atoms with Crippen LogP contribution in [0.5, 0.6) is 0 Å². The van der Waals surface area contributed by atoms with E-state index in [9.17, 15) is 9.59 Å². The highest BCUT2D eigenvalue weighted by atomic mass is 16.5. The Morgan fingerprint density at radius 2 is 2.00 bits per heavy atom. The van der Waals surface area contributed by atoms with Gasteiger partial charge in [-0.25, -0.2) is 4.79 Å². The average molecular weight is 262 g/mol. The van der Waals surface area contributed by atoms with Crippen LogP contribution in [0.3, 0.4) is 0 Å². The summed E-state index contributed by atoms with van der Waals surface area (Å²) in [6.45, 7) is 2.77. The van der Waals surface area contributed by atoms with Gasteiger partial charge in [-0.2, -0.15) is 0 Å². The van der Waals surface area contributed by atoms with Crippen molar-refractivity contribution in [3.63, 3.8) is 0 Å². The topological polar surface area (TPSA) is 67.4 Å². The van der Waals surface area contributed by atoms with E-state index in [-0.39, 0.29) is 11.9 Å². The van der Waals surface area contributed by atoms with Crippen LogP contribution in [0.1, 0.15) is 30.1 Å². The minimum atomic E-state index is -0.499. The van der Waals surface area contributed by atoms with Crippen molar-refractivity contribution in [2.45, 2.75) is 25.3 Å². The van der Waals surface area contributed by atoms with Crippen LogP contribution in [0.25, 0.3) is 0 Å². The second-order valence-corrected chi connectivity index (χ2v) is 4.89. The van der Waals surface area contributed by atoms with Crippen LogP contribution in [-0.4, -0.2) is 31.1 Å². The van der Waals surface area contributed by atoms with E-state index in [1.54, 1.807) is 24.3 Å². The maximum absolute atomic E-state index is 12.1. The van der Waals surface area contributed by atoms with E-state index in [2.05, 4.69) is 15.4 Å². The van der Waals surface area contributed by atoms with E-state index in [4.69, 9.17) is 0 Å². The zero-order valence-electron chi connectivity index (χ0n) is 11.2. The van der Waals surface area contributed by atoms with Crippen molar-refractivity contribution >= 4 is 17.6 Å². The molecule has 5 heteroatoms. The molecule has 1 atom stereocenters. The van der Waals surface area contributed by atoms with Gasteiger partial charge in [0.25, 0.3) is 0 Å². The number of methoxy groups -OCH3 is 1. The highest BCUT2D eigenvalue weighted by molar-refractivity contribution is 5.98. The van der Waals surface area contributed by atoms with Gasteiger partial charge in [0.15, 0.2) is 0 Å². The van der Waals surface area contributed by atoms with Crippen molar-refractivity contribution in [3.05, 3.63) is 29.8 Å². The Kier molecular flexibility index (Phi) is 3.85. The molecule has 5 nitrogen and oxygen atoms in total. The number of nitrogens with one attached hydrogen (secondary N) is 2. The SMILES string of the molecule is COC(=O)c1ccc(NC(=O)C2(C)CCCN2)cc1. The molecule has 2 rings (SSSR count). The predicted molar refractivity (Wildman–Crippen MR) is 72.1 cm³/mol. The van der Waals surface area contributed by atoms with Crippen molar-refractivity contribution in [2.75, 3.05) is 19.0 Å². The van der Waals surface area contributed by atoms with Crippen molar-refractivity contribution < 1.29 is 14.3 Å². The number of hydrogen-bond donors (Lipinski definition) is 2. The largest absolute Gasteiger partial charge is 0.465 e. The first-order valence-corrected chi connectivity index (χ1v) is 6.30. The maximum Gasteiger partial charge on any atom is 0.337 e. The highest BCUT2D eigenvalue weighted by Crippen LogP contribution is 2.21. The monoisotopic (exact) mass is 262 g/mol. The fourth-order valence-corrected chi connectivity index (χ4v) is 2.16. The first kappa shape index (κ1) is 13.5. The lowest BCUT2D eigenvalue weighted by Gasteiger charge is -2.23. The Morgan fingerprint density at radius 1 is 1.32 bits per heavy atom. The molecule has 1 saturated heterocycles. The zero-order valence-corrected chi connectivity index (χ0v) is 11.2. The van der Waals surface area contributed by atoms with Crippen LogP contribution in [0.2, 0.25) is 0 Å². The molecular weight excluding hydrogens is 244 g/mol. The Morgan fingerprint density at radius 3 is 2.53 bits per heavy atom. The van der Waals surface area contributed by atoms with Gasteiger partial charge in [-0.05, 0) is 50.6 Å². The molecule has 1 aromatic rings. The van der Waals surface area contributed by atoms with Gasteiger partial charge in [-0.15, -0.1) is 0 Å². The Labute approximate surface area is 112 Å². The third-order valence-electron chi connectivity index (χ3n) is 3.43. The Hall–Kier alpha value is -1.88. The lowest BCUT2D eigenvalue weighted by Crippen LogP contribution is -2.47. The molecule has 0 aromatic heterocycles. The summed E-state index contributed by atoms with van der Waals surface area (Å²) in [5.41, 5.74) is 0.638. The number of anilines is 1. The van der Waals surface area contributed by atoms with Gasteiger partial charge in [0.1, 0.15) is 0 Å². The third-order valence-corrected chi connectivity index (χ3v) is 3.43. The van der Waals surface area contributed by atoms with Crippen LogP contribution in [-0.2, 0) is 9.53 Å². The van der Waals surface area contributed by atoms with E-state index in [0.717, 1.165) is 19.4 Å². The normalized spacial score (nSPS) is 22.0. The molecule has 0 aliphatic carbocycles. The number of ether oxygens (including phenoxy) is 1. The Balaban J connectivity index is 2.03. The molecule has 0 spiro atoms. The summed E-state index contributed by atoms with van der Waals surface area (Å²) in [6, 6.07) is 6.66. The van der Waals surface area contributed by atoms with E-state index < -0.39 is 5.54 Å². The minimum absolute atomic E-state index is 0.0455. The van der Waals surface area contributed by atoms with E-state index in [1.165, 1.54) is 7.11 Å². The van der Waals surface area contributed by atoms with Gasteiger partial charge in [-0.1, -0.05) is 0 Å². The lowest BCUT2D eigenvalue weighted by atomic mass is 9.99. The van der Waals surface area contributed by atoms with Crippen LogP contribution in [0.4, 0.5) is 5.69 Å². The van der Waals surface area contributed by atoms with E-state index in [0.29, 0.717) is 11.3 Å². The molecule has 0 radical (unpaired) electrons. The minimum Gasteiger partial charge on any atom is -0.465 e. The van der Waals surface area contributed by atoms with Crippen LogP contribution in [0.15, 0.2) is 24.3 Å². The van der Waals surface area contributed by atoms with Crippen molar-refractivity contribution in [1.29, 1.82) is 0 Å². The number of carbonyl (C=O) groups excluding carboxylic acids is 2. The number of esters is 1. The number of rotatable bonds is 3. The predicted octanol–water partition coefficient (Wildman–Crippen LogP) is 1.55. The van der Waals surface area contributed by atoms with Crippen LogP contribution in [0, 0.1) is 0 Å². The fourth-order valence-electron chi connectivity index (χ4n) is 2.16. The summed E-state index contributed by atoms with van der Waals surface area (Å²) in [5.74, 6) is -0.432. The number of hydrogen-bond acceptors (Lipinski definition) is 4. The fraction of sp³-hybridized carbons (Fsp3) is 0.429. The summed E-state index contributed by atoms with van der Waals surface area (Å²) < 4.78 is 4.62. The van der Waals surface area contributed by atoms with Gasteiger partial charge in [0, 0.05) is 5.69 Å². The molecule has 0 bridgehead atoms. The molecular formula is C14H18N2O3. The molecule has 102 valence electrons.